The smallest absolute Gasteiger partial charge is 0.230 e. The Bertz CT molecular complexity index is 677. The maximum absolute atomic E-state index is 9.54. The van der Waals surface area contributed by atoms with Crippen LogP contribution in [0.5, 0.6) is 5.88 Å². The second-order valence-corrected chi connectivity index (χ2v) is 6.50. The largest absolute Gasteiger partial charge is 0.481 e. The first-order valence-electron chi connectivity index (χ1n) is 8.02. The van der Waals surface area contributed by atoms with Gasteiger partial charge in [-0.15, -0.1) is 0 Å². The van der Waals surface area contributed by atoms with Gasteiger partial charge in [0, 0.05) is 13.1 Å². The summed E-state index contributed by atoms with van der Waals surface area (Å²) in [4.78, 5) is 10.3. The van der Waals surface area contributed by atoms with Crippen LogP contribution in [0.4, 0.5) is 5.95 Å². The summed E-state index contributed by atoms with van der Waals surface area (Å²) >= 11 is 0. The Morgan fingerprint density at radius 3 is 2.76 bits per heavy atom. The number of nitriles is 1. The number of aliphatic hydroxyl groups is 1. The molecule has 0 radical (unpaired) electrons. The number of anilines is 1. The normalized spacial score (nSPS) is 30.4. The summed E-state index contributed by atoms with van der Waals surface area (Å²) in [7, 11) is 3.28. The summed E-state index contributed by atoms with van der Waals surface area (Å²) in [6.45, 7) is 3.81. The van der Waals surface area contributed by atoms with Gasteiger partial charge in [-0.25, -0.2) is 4.98 Å². The SMILES string of the molecule is COc1cc(C#N)nc(N(C)[C@H]2CO[C@H](CO)[C@@H]3OC(C)(C)O[C@@H]32)n1. The second-order valence-electron chi connectivity index (χ2n) is 6.50. The molecule has 4 atom stereocenters. The van der Waals surface area contributed by atoms with Crippen molar-refractivity contribution in [1.29, 1.82) is 5.26 Å². The number of hydrogen-bond acceptors (Lipinski definition) is 9. The predicted octanol–water partition coefficient (Wildman–Crippen LogP) is 0.0729. The molecular formula is C16H22N4O5. The Kier molecular flexibility index (Phi) is 4.79. The van der Waals surface area contributed by atoms with E-state index in [2.05, 4.69) is 9.97 Å². The van der Waals surface area contributed by atoms with Crippen LogP contribution in [0, 0.1) is 11.3 Å². The molecule has 0 aliphatic carbocycles. The molecule has 1 N–H and O–H groups in total. The first-order valence-corrected chi connectivity index (χ1v) is 8.02. The fraction of sp³-hybridized carbons (Fsp3) is 0.688. The highest BCUT2D eigenvalue weighted by Crippen LogP contribution is 2.37. The zero-order valence-electron chi connectivity index (χ0n) is 14.7. The van der Waals surface area contributed by atoms with Crippen LogP contribution in [-0.2, 0) is 14.2 Å². The van der Waals surface area contributed by atoms with Crippen molar-refractivity contribution < 1.29 is 24.1 Å². The molecule has 0 spiro atoms. The molecular weight excluding hydrogens is 328 g/mol. The van der Waals surface area contributed by atoms with Crippen molar-refractivity contribution in [1.82, 2.24) is 9.97 Å². The lowest BCUT2D eigenvalue weighted by molar-refractivity contribution is -0.157. The van der Waals surface area contributed by atoms with Crippen molar-refractivity contribution in [2.75, 3.05) is 32.3 Å². The van der Waals surface area contributed by atoms with Crippen LogP contribution in [0.25, 0.3) is 0 Å². The third-order valence-electron chi connectivity index (χ3n) is 4.40. The number of methoxy groups -OCH3 is 1. The van der Waals surface area contributed by atoms with E-state index in [4.69, 9.17) is 24.2 Å². The molecule has 2 saturated heterocycles. The molecule has 0 amide bonds. The Morgan fingerprint density at radius 1 is 1.40 bits per heavy atom. The van der Waals surface area contributed by atoms with Crippen molar-refractivity contribution in [2.24, 2.45) is 0 Å². The Balaban J connectivity index is 1.89. The number of aliphatic hydroxyl groups excluding tert-OH is 1. The molecule has 0 aromatic carbocycles. The molecule has 2 fully saturated rings. The van der Waals surface area contributed by atoms with E-state index in [-0.39, 0.29) is 24.4 Å². The van der Waals surface area contributed by atoms with Crippen molar-refractivity contribution >= 4 is 5.95 Å². The van der Waals surface area contributed by atoms with Crippen LogP contribution < -0.4 is 9.64 Å². The third kappa shape index (κ3) is 3.39. The van der Waals surface area contributed by atoms with Crippen LogP contribution in [0.15, 0.2) is 6.07 Å². The van der Waals surface area contributed by atoms with Crippen molar-refractivity contribution in [3.63, 3.8) is 0 Å². The lowest BCUT2D eigenvalue weighted by Crippen LogP contribution is -2.58. The fourth-order valence-corrected chi connectivity index (χ4v) is 3.18. The number of hydrogen-bond donors (Lipinski definition) is 1. The van der Waals surface area contributed by atoms with Crippen LogP contribution in [0.3, 0.4) is 0 Å². The minimum absolute atomic E-state index is 0.148. The molecule has 3 rings (SSSR count). The molecule has 9 nitrogen and oxygen atoms in total. The standard InChI is InChI=1S/C16H22N4O5/c1-16(2)24-13-10(8-23-11(7-21)14(13)25-16)20(3)15-18-9(6-17)5-12(19-15)22-4/h5,10-11,13-14,21H,7-8H2,1-4H3/t10-,11+,13+,14-/m0/s1. The second kappa shape index (κ2) is 6.72. The average molecular weight is 350 g/mol. The highest BCUT2D eigenvalue weighted by molar-refractivity contribution is 5.39. The monoisotopic (exact) mass is 350 g/mol. The van der Waals surface area contributed by atoms with E-state index in [9.17, 15) is 5.11 Å². The predicted molar refractivity (Wildman–Crippen MR) is 86.1 cm³/mol. The first-order chi connectivity index (χ1) is 11.9. The van der Waals surface area contributed by atoms with Crippen molar-refractivity contribution in [2.45, 2.75) is 44.0 Å². The van der Waals surface area contributed by atoms with E-state index in [1.807, 2.05) is 19.9 Å². The quantitative estimate of drug-likeness (QED) is 0.806. The van der Waals surface area contributed by atoms with E-state index in [0.29, 0.717) is 18.4 Å². The number of ether oxygens (including phenoxy) is 4. The number of rotatable bonds is 4. The molecule has 2 aliphatic heterocycles. The summed E-state index contributed by atoms with van der Waals surface area (Å²) in [6, 6.07) is 3.22. The van der Waals surface area contributed by atoms with Gasteiger partial charge in [-0.3, -0.25) is 0 Å². The van der Waals surface area contributed by atoms with Gasteiger partial charge in [-0.2, -0.15) is 10.2 Å². The van der Waals surface area contributed by atoms with Crippen LogP contribution in [-0.4, -0.2) is 72.6 Å². The third-order valence-corrected chi connectivity index (χ3v) is 4.40. The van der Waals surface area contributed by atoms with Gasteiger partial charge >= 0.3 is 0 Å². The number of aromatic nitrogens is 2. The number of fused-ring (bicyclic) bond motifs is 1. The molecule has 1 aromatic rings. The molecule has 25 heavy (non-hydrogen) atoms. The van der Waals surface area contributed by atoms with Crippen LogP contribution in [0.2, 0.25) is 0 Å². The van der Waals surface area contributed by atoms with E-state index < -0.39 is 18.0 Å². The Labute approximate surface area is 146 Å². The van der Waals surface area contributed by atoms with Gasteiger partial charge in [0.25, 0.3) is 0 Å². The first kappa shape index (κ1) is 17.8. The van der Waals surface area contributed by atoms with Gasteiger partial charge in [-0.1, -0.05) is 0 Å². The molecule has 0 unspecified atom stereocenters. The maximum Gasteiger partial charge on any atom is 0.230 e. The zero-order valence-corrected chi connectivity index (χ0v) is 14.7. The number of nitrogens with zero attached hydrogens (tertiary/aromatic N) is 4. The van der Waals surface area contributed by atoms with E-state index >= 15 is 0 Å². The molecule has 0 saturated carbocycles. The van der Waals surface area contributed by atoms with E-state index in [1.54, 1.807) is 11.9 Å². The van der Waals surface area contributed by atoms with Crippen molar-refractivity contribution in [3.05, 3.63) is 11.8 Å². The molecule has 1 aromatic heterocycles. The minimum Gasteiger partial charge on any atom is -0.481 e. The highest BCUT2D eigenvalue weighted by Gasteiger charge is 2.53. The van der Waals surface area contributed by atoms with Gasteiger partial charge < -0.3 is 29.0 Å². The Morgan fingerprint density at radius 2 is 2.12 bits per heavy atom. The number of likely N-dealkylation sites (N-methyl/N-ethyl adjacent to an activating group) is 1. The minimum atomic E-state index is -0.775. The summed E-state index contributed by atoms with van der Waals surface area (Å²) in [6.07, 6.45) is -1.18. The molecule has 9 heteroatoms. The van der Waals surface area contributed by atoms with Crippen molar-refractivity contribution in [3.8, 4) is 11.9 Å². The summed E-state index contributed by atoms with van der Waals surface area (Å²) in [5, 5.41) is 18.7. The van der Waals surface area contributed by atoms with E-state index in [1.165, 1.54) is 13.2 Å². The van der Waals surface area contributed by atoms with Gasteiger partial charge in [0.2, 0.25) is 11.8 Å². The van der Waals surface area contributed by atoms with Crippen LogP contribution in [0.1, 0.15) is 19.5 Å². The topological polar surface area (TPSA) is 110 Å². The van der Waals surface area contributed by atoms with Gasteiger partial charge in [-0.05, 0) is 13.8 Å². The lowest BCUT2D eigenvalue weighted by Gasteiger charge is -2.40. The van der Waals surface area contributed by atoms with Gasteiger partial charge in [0.1, 0.15) is 30.1 Å². The molecule has 136 valence electrons. The molecule has 3 heterocycles. The van der Waals surface area contributed by atoms with Gasteiger partial charge in [0.05, 0.1) is 26.4 Å². The highest BCUT2D eigenvalue weighted by atomic mass is 16.8. The lowest BCUT2D eigenvalue weighted by atomic mass is 9.97. The molecule has 2 aliphatic rings. The van der Waals surface area contributed by atoms with Crippen LogP contribution >= 0.6 is 0 Å². The fourth-order valence-electron chi connectivity index (χ4n) is 3.18. The van der Waals surface area contributed by atoms with Gasteiger partial charge in [0.15, 0.2) is 5.79 Å². The van der Waals surface area contributed by atoms with E-state index in [0.717, 1.165) is 0 Å². The summed E-state index contributed by atoms with van der Waals surface area (Å²) in [5.41, 5.74) is 0.208. The molecule has 0 bridgehead atoms. The average Bonchev–Trinajstić information content (AvgIpc) is 2.94. The zero-order chi connectivity index (χ0) is 18.2. The Hall–Kier alpha value is -1.99. The maximum atomic E-state index is 9.54. The summed E-state index contributed by atoms with van der Waals surface area (Å²) in [5.74, 6) is -0.138. The summed E-state index contributed by atoms with van der Waals surface area (Å²) < 4.78 is 22.9.